The lowest BCUT2D eigenvalue weighted by Crippen LogP contribution is -2.48. The molecule has 1 aliphatic heterocycles. The van der Waals surface area contributed by atoms with E-state index in [1.165, 1.54) is 10.4 Å². The molecule has 1 fully saturated rings. The van der Waals surface area contributed by atoms with Crippen LogP contribution < -0.4 is 0 Å². The average molecular weight is 376 g/mol. The summed E-state index contributed by atoms with van der Waals surface area (Å²) in [5.74, 6) is -0.465. The first-order valence-corrected chi connectivity index (χ1v) is 9.14. The third kappa shape index (κ3) is 3.46. The van der Waals surface area contributed by atoms with Crippen LogP contribution in [0.2, 0.25) is 0 Å². The molecule has 0 radical (unpaired) electrons. The van der Waals surface area contributed by atoms with E-state index < -0.39 is 22.0 Å². The summed E-state index contributed by atoms with van der Waals surface area (Å²) >= 11 is 3.26. The molecule has 1 heterocycles. The third-order valence-corrected chi connectivity index (χ3v) is 6.36. The normalized spacial score (nSPS) is 20.2. The average Bonchev–Trinajstić information content (AvgIpc) is 2.48. The van der Waals surface area contributed by atoms with Gasteiger partial charge in [-0.05, 0) is 54.2 Å². The molecule has 0 saturated carbocycles. The van der Waals surface area contributed by atoms with Crippen LogP contribution in [0.15, 0.2) is 33.6 Å². The SMILES string of the molecule is CCOC(=O)[C@H]1CCCCN1S(=O)(=O)c1ccccc1Br. The molecule has 0 aliphatic carbocycles. The summed E-state index contributed by atoms with van der Waals surface area (Å²) in [4.78, 5) is 12.2. The van der Waals surface area contributed by atoms with Crippen molar-refractivity contribution >= 4 is 31.9 Å². The van der Waals surface area contributed by atoms with Gasteiger partial charge in [0.2, 0.25) is 10.0 Å². The van der Waals surface area contributed by atoms with E-state index in [0.29, 0.717) is 17.4 Å². The van der Waals surface area contributed by atoms with Gasteiger partial charge in [0.05, 0.1) is 11.5 Å². The highest BCUT2D eigenvalue weighted by Crippen LogP contribution is 2.30. The quantitative estimate of drug-likeness (QED) is 0.758. The van der Waals surface area contributed by atoms with Crippen LogP contribution in [0, 0.1) is 0 Å². The van der Waals surface area contributed by atoms with Crippen molar-refractivity contribution in [2.45, 2.75) is 37.1 Å². The molecule has 5 nitrogen and oxygen atoms in total. The first-order valence-electron chi connectivity index (χ1n) is 6.91. The number of nitrogens with zero attached hydrogens (tertiary/aromatic N) is 1. The number of benzene rings is 1. The molecule has 1 aromatic rings. The molecule has 1 aliphatic rings. The zero-order valence-corrected chi connectivity index (χ0v) is 14.2. The fourth-order valence-electron chi connectivity index (χ4n) is 2.45. The lowest BCUT2D eigenvalue weighted by atomic mass is 10.1. The Morgan fingerprint density at radius 1 is 1.38 bits per heavy atom. The van der Waals surface area contributed by atoms with Gasteiger partial charge in [0, 0.05) is 11.0 Å². The maximum Gasteiger partial charge on any atom is 0.324 e. The molecule has 116 valence electrons. The van der Waals surface area contributed by atoms with Gasteiger partial charge in [-0.3, -0.25) is 4.79 Å². The maximum atomic E-state index is 12.8. The minimum absolute atomic E-state index is 0.182. The number of carbonyl (C=O) groups is 1. The molecule has 1 aromatic carbocycles. The molecular weight excluding hydrogens is 358 g/mol. The Kier molecular flexibility index (Phi) is 5.40. The summed E-state index contributed by atoms with van der Waals surface area (Å²) in [6.07, 6.45) is 2.08. The van der Waals surface area contributed by atoms with E-state index in [1.54, 1.807) is 25.1 Å². The first-order chi connectivity index (χ1) is 9.98. The van der Waals surface area contributed by atoms with Crippen molar-refractivity contribution in [2.75, 3.05) is 13.2 Å². The van der Waals surface area contributed by atoms with Gasteiger partial charge in [0.25, 0.3) is 0 Å². The number of hydrogen-bond donors (Lipinski definition) is 0. The van der Waals surface area contributed by atoms with Crippen LogP contribution in [0.4, 0.5) is 0 Å². The van der Waals surface area contributed by atoms with Crippen molar-refractivity contribution in [3.63, 3.8) is 0 Å². The Hall–Kier alpha value is -0.920. The molecule has 7 heteroatoms. The molecule has 1 atom stereocenters. The highest BCUT2D eigenvalue weighted by Gasteiger charge is 2.39. The molecule has 0 amide bonds. The van der Waals surface area contributed by atoms with E-state index >= 15 is 0 Å². The number of ether oxygens (including phenoxy) is 1. The Bertz CT molecular complexity index is 617. The predicted octanol–water partition coefficient (Wildman–Crippen LogP) is 2.56. The number of sulfonamides is 1. The standard InChI is InChI=1S/C14H18BrNO4S/c1-2-20-14(17)12-8-5-6-10-16(12)21(18,19)13-9-4-3-7-11(13)15/h3-4,7,9,12H,2,5-6,8,10H2,1H3/t12-/m1/s1. The minimum Gasteiger partial charge on any atom is -0.465 e. The van der Waals surface area contributed by atoms with E-state index in [1.807, 2.05) is 0 Å². The lowest BCUT2D eigenvalue weighted by Gasteiger charge is -2.33. The van der Waals surface area contributed by atoms with Crippen LogP contribution in [-0.4, -0.2) is 37.9 Å². The van der Waals surface area contributed by atoms with Crippen LogP contribution in [0.5, 0.6) is 0 Å². The summed E-state index contributed by atoms with van der Waals surface area (Å²) < 4.78 is 32.4. The second kappa shape index (κ2) is 6.89. The zero-order valence-electron chi connectivity index (χ0n) is 11.8. The largest absolute Gasteiger partial charge is 0.465 e. The molecule has 0 unspecified atom stereocenters. The van der Waals surface area contributed by atoms with Gasteiger partial charge in [-0.25, -0.2) is 8.42 Å². The van der Waals surface area contributed by atoms with Gasteiger partial charge in [-0.2, -0.15) is 4.31 Å². The summed E-state index contributed by atoms with van der Waals surface area (Å²) in [5.41, 5.74) is 0. The van der Waals surface area contributed by atoms with E-state index in [-0.39, 0.29) is 11.5 Å². The van der Waals surface area contributed by atoms with Gasteiger partial charge in [0.1, 0.15) is 6.04 Å². The Morgan fingerprint density at radius 3 is 2.76 bits per heavy atom. The number of piperidine rings is 1. The number of halogens is 1. The highest BCUT2D eigenvalue weighted by atomic mass is 79.9. The van der Waals surface area contributed by atoms with Gasteiger partial charge in [-0.1, -0.05) is 12.1 Å². The predicted molar refractivity (Wildman–Crippen MR) is 82.3 cm³/mol. The fraction of sp³-hybridized carbons (Fsp3) is 0.500. The smallest absolute Gasteiger partial charge is 0.324 e. The van der Waals surface area contributed by atoms with E-state index in [9.17, 15) is 13.2 Å². The van der Waals surface area contributed by atoms with E-state index in [2.05, 4.69) is 15.9 Å². The van der Waals surface area contributed by atoms with Gasteiger partial charge >= 0.3 is 5.97 Å². The lowest BCUT2D eigenvalue weighted by molar-refractivity contribution is -0.148. The molecule has 1 saturated heterocycles. The summed E-state index contributed by atoms with van der Waals surface area (Å²) in [6.45, 7) is 2.30. The molecule has 0 spiro atoms. The van der Waals surface area contributed by atoms with Gasteiger partial charge in [-0.15, -0.1) is 0 Å². The topological polar surface area (TPSA) is 63.7 Å². The van der Waals surface area contributed by atoms with Gasteiger partial charge < -0.3 is 4.74 Å². The number of esters is 1. The summed E-state index contributed by atoms with van der Waals surface area (Å²) in [7, 11) is -3.72. The monoisotopic (exact) mass is 375 g/mol. The Morgan fingerprint density at radius 2 is 2.10 bits per heavy atom. The van der Waals surface area contributed by atoms with Crippen molar-refractivity contribution in [1.82, 2.24) is 4.31 Å². The molecule has 0 N–H and O–H groups in total. The van der Waals surface area contributed by atoms with E-state index in [4.69, 9.17) is 4.74 Å². The van der Waals surface area contributed by atoms with Crippen LogP contribution in [-0.2, 0) is 19.6 Å². The fourth-order valence-corrected chi connectivity index (χ4v) is 5.06. The van der Waals surface area contributed by atoms with Gasteiger partial charge in [0.15, 0.2) is 0 Å². The van der Waals surface area contributed by atoms with Crippen LogP contribution in [0.25, 0.3) is 0 Å². The summed E-state index contributed by atoms with van der Waals surface area (Å²) in [5, 5.41) is 0. The number of rotatable bonds is 4. The second-order valence-corrected chi connectivity index (χ2v) is 7.52. The van der Waals surface area contributed by atoms with Crippen molar-refractivity contribution in [1.29, 1.82) is 0 Å². The minimum atomic E-state index is -3.72. The van der Waals surface area contributed by atoms with Crippen molar-refractivity contribution in [3.05, 3.63) is 28.7 Å². The highest BCUT2D eigenvalue weighted by molar-refractivity contribution is 9.10. The zero-order chi connectivity index (χ0) is 15.5. The molecule has 21 heavy (non-hydrogen) atoms. The summed E-state index contributed by atoms with van der Waals surface area (Å²) in [6, 6.07) is 5.91. The van der Waals surface area contributed by atoms with Crippen molar-refractivity contribution < 1.29 is 17.9 Å². The van der Waals surface area contributed by atoms with Crippen molar-refractivity contribution in [3.8, 4) is 0 Å². The number of hydrogen-bond acceptors (Lipinski definition) is 4. The third-order valence-electron chi connectivity index (χ3n) is 3.44. The molecule has 2 rings (SSSR count). The number of carbonyl (C=O) groups excluding carboxylic acids is 1. The van der Waals surface area contributed by atoms with E-state index in [0.717, 1.165) is 12.8 Å². The second-order valence-electron chi connectivity index (χ2n) is 4.81. The maximum absolute atomic E-state index is 12.8. The Balaban J connectivity index is 2.36. The molecular formula is C14H18BrNO4S. The molecule has 0 bridgehead atoms. The van der Waals surface area contributed by atoms with Crippen molar-refractivity contribution in [2.24, 2.45) is 0 Å². The Labute approximate surface area is 133 Å². The van der Waals surface area contributed by atoms with Crippen LogP contribution in [0.1, 0.15) is 26.2 Å². The molecule has 0 aromatic heterocycles. The first kappa shape index (κ1) is 16.5. The van der Waals surface area contributed by atoms with Crippen LogP contribution in [0.3, 0.4) is 0 Å². The van der Waals surface area contributed by atoms with Crippen LogP contribution >= 0.6 is 15.9 Å².